The molecule has 1 aliphatic rings. The molecule has 0 spiro atoms. The molecule has 0 aromatic carbocycles. The van der Waals surface area contributed by atoms with Crippen molar-refractivity contribution in [3.05, 3.63) is 72.9 Å². The van der Waals surface area contributed by atoms with Gasteiger partial charge in [0.1, 0.15) is 30.5 Å². The van der Waals surface area contributed by atoms with Crippen molar-refractivity contribution in [3.8, 4) is 0 Å². The Balaban J connectivity index is 2.35. The Morgan fingerprint density at radius 1 is 0.574 bits per heavy atom. The molecule has 0 aromatic rings. The molecule has 6 atom stereocenters. The molecule has 1 aliphatic heterocycles. The summed E-state index contributed by atoms with van der Waals surface area (Å²) in [5.41, 5.74) is 0. The topological polar surface area (TPSA) is 178 Å². The zero-order valence-electron chi connectivity index (χ0n) is 42.4. The Labute approximate surface area is 413 Å². The minimum Gasteiger partial charge on any atom is -0.457 e. The number of unbranched alkanes of at least 4 members (excludes halogenated alkanes) is 21. The van der Waals surface area contributed by atoms with Crippen molar-refractivity contribution >= 4 is 16.4 Å². The normalized spacial score (nSPS) is 19.9. The van der Waals surface area contributed by atoms with Gasteiger partial charge in [-0.15, -0.1) is 0 Å². The number of ether oxygens (including phenoxy) is 4. The van der Waals surface area contributed by atoms with E-state index in [1.54, 1.807) is 0 Å². The van der Waals surface area contributed by atoms with Crippen LogP contribution in [-0.4, -0.2) is 97.5 Å². The molecular weight excluding hydrogens is 885 g/mol. The van der Waals surface area contributed by atoms with Crippen molar-refractivity contribution in [2.24, 2.45) is 0 Å². The van der Waals surface area contributed by atoms with Gasteiger partial charge in [0, 0.05) is 13.0 Å². The van der Waals surface area contributed by atoms with Crippen LogP contribution in [0.3, 0.4) is 0 Å². The highest BCUT2D eigenvalue weighted by molar-refractivity contribution is 7.80. The van der Waals surface area contributed by atoms with Crippen molar-refractivity contribution in [2.75, 3.05) is 26.4 Å². The number of allylic oxidation sites excluding steroid dienone is 12. The van der Waals surface area contributed by atoms with Crippen LogP contribution in [0.15, 0.2) is 72.9 Å². The zero-order chi connectivity index (χ0) is 49.6. The monoisotopic (exact) mass is 981 g/mol. The van der Waals surface area contributed by atoms with Crippen molar-refractivity contribution in [1.29, 1.82) is 0 Å². The quantitative estimate of drug-likeness (QED) is 0.0197. The van der Waals surface area contributed by atoms with Gasteiger partial charge < -0.3 is 34.3 Å². The number of hydrogen-bond acceptors (Lipinski definition) is 11. The molecule has 1 rings (SSSR count). The molecule has 394 valence electrons. The summed E-state index contributed by atoms with van der Waals surface area (Å²) >= 11 is 0. The van der Waals surface area contributed by atoms with E-state index in [2.05, 4.69) is 84.9 Å². The average molecular weight is 981 g/mol. The standard InChI is InChI=1S/C55H96O12S/c1-3-5-7-9-11-13-15-17-19-21-22-23-24-25-26-27-29-31-33-35-37-39-41-43-45-63-47-49(48-64-55-53(59)54(67-68(60,61)62)52(58)50(46-56)66-55)65-51(57)44-42-40-38-36-34-32-30-28-20-18-16-14-12-10-8-6-4-2/h6,8,12,14,18,20-22,30,32,36,38,49-50,52-56,58-59H,3-5,7,9-11,13,15-17,19,23-29,31,33-35,37,39-48H2,1-2H3,(H,60,61,62)/b8-6-,14-12-,20-18-,22-21-,32-30-,38-36-. The summed E-state index contributed by atoms with van der Waals surface area (Å²) in [6.07, 6.45) is 50.9. The lowest BCUT2D eigenvalue weighted by molar-refractivity contribution is -0.301. The van der Waals surface area contributed by atoms with Crippen molar-refractivity contribution in [1.82, 2.24) is 0 Å². The molecule has 1 saturated heterocycles. The molecular formula is C55H96O12S. The zero-order valence-corrected chi connectivity index (χ0v) is 43.2. The maximum atomic E-state index is 12.9. The molecule has 0 bridgehead atoms. The molecule has 12 nitrogen and oxygen atoms in total. The van der Waals surface area contributed by atoms with Gasteiger partial charge in [0.25, 0.3) is 0 Å². The number of rotatable bonds is 46. The molecule has 0 saturated carbocycles. The average Bonchev–Trinajstić information content (AvgIpc) is 3.31. The molecule has 6 unspecified atom stereocenters. The predicted molar refractivity (Wildman–Crippen MR) is 276 cm³/mol. The Kier molecular flexibility index (Phi) is 42.7. The first kappa shape index (κ1) is 63.6. The maximum Gasteiger partial charge on any atom is 0.397 e. The second-order valence-corrected chi connectivity index (χ2v) is 19.1. The Morgan fingerprint density at radius 2 is 1.01 bits per heavy atom. The predicted octanol–water partition coefficient (Wildman–Crippen LogP) is 12.6. The molecule has 13 heteroatoms. The highest BCUT2D eigenvalue weighted by atomic mass is 32.3. The van der Waals surface area contributed by atoms with Crippen LogP contribution < -0.4 is 0 Å². The fraction of sp³-hybridized carbons (Fsp3) is 0.764. The fourth-order valence-corrected chi connectivity index (χ4v) is 8.33. The third-order valence-corrected chi connectivity index (χ3v) is 12.3. The van der Waals surface area contributed by atoms with Crippen LogP contribution in [0.5, 0.6) is 0 Å². The van der Waals surface area contributed by atoms with Gasteiger partial charge in [0.05, 0.1) is 19.8 Å². The highest BCUT2D eigenvalue weighted by Gasteiger charge is 2.48. The van der Waals surface area contributed by atoms with E-state index in [1.165, 1.54) is 122 Å². The molecule has 1 fully saturated rings. The number of carbonyl (C=O) groups is 1. The first-order chi connectivity index (χ1) is 33.1. The van der Waals surface area contributed by atoms with Crippen LogP contribution >= 0.6 is 0 Å². The Bertz CT molecular complexity index is 1460. The number of hydrogen-bond donors (Lipinski definition) is 4. The van der Waals surface area contributed by atoms with Crippen LogP contribution in [0.25, 0.3) is 0 Å². The van der Waals surface area contributed by atoms with Gasteiger partial charge >= 0.3 is 16.4 Å². The third-order valence-electron chi connectivity index (χ3n) is 11.8. The second kappa shape index (κ2) is 45.7. The summed E-state index contributed by atoms with van der Waals surface area (Å²) in [5.74, 6) is -0.455. The van der Waals surface area contributed by atoms with E-state index >= 15 is 0 Å². The van der Waals surface area contributed by atoms with E-state index in [-0.39, 0.29) is 19.6 Å². The number of aliphatic hydroxyl groups excluding tert-OH is 3. The van der Waals surface area contributed by atoms with Crippen molar-refractivity contribution in [3.63, 3.8) is 0 Å². The van der Waals surface area contributed by atoms with E-state index in [4.69, 9.17) is 18.9 Å². The SMILES string of the molecule is CC/C=C\C/C=C\C/C=C\C/C=C\C/C=C\CCCC(=O)OC(COCCCCCCCCCCCCCC/C=C\CCCCCCCCCC)COC1OC(CO)C(O)C(OS(=O)(=O)O)C1O. The van der Waals surface area contributed by atoms with E-state index in [1.807, 2.05) is 6.08 Å². The van der Waals surface area contributed by atoms with E-state index in [9.17, 15) is 33.1 Å². The molecule has 68 heavy (non-hydrogen) atoms. The van der Waals surface area contributed by atoms with Gasteiger partial charge in [-0.1, -0.05) is 196 Å². The van der Waals surface area contributed by atoms with Gasteiger partial charge in [-0.05, 0) is 77.0 Å². The lowest BCUT2D eigenvalue weighted by Crippen LogP contribution is -2.60. The van der Waals surface area contributed by atoms with Crippen LogP contribution in [0.4, 0.5) is 0 Å². The summed E-state index contributed by atoms with van der Waals surface area (Å²) in [6, 6.07) is 0. The van der Waals surface area contributed by atoms with Crippen LogP contribution in [-0.2, 0) is 38.3 Å². The molecule has 4 N–H and O–H groups in total. The van der Waals surface area contributed by atoms with E-state index < -0.39 is 59.8 Å². The lowest BCUT2D eigenvalue weighted by atomic mass is 9.99. The van der Waals surface area contributed by atoms with E-state index in [0.29, 0.717) is 19.4 Å². The fourth-order valence-electron chi connectivity index (χ4n) is 7.82. The molecule has 0 aromatic heterocycles. The van der Waals surface area contributed by atoms with Gasteiger partial charge in [0.2, 0.25) is 0 Å². The van der Waals surface area contributed by atoms with Crippen LogP contribution in [0, 0.1) is 0 Å². The first-order valence-corrected chi connectivity index (χ1v) is 28.1. The van der Waals surface area contributed by atoms with Gasteiger partial charge in [0.15, 0.2) is 6.29 Å². The van der Waals surface area contributed by atoms with Gasteiger partial charge in [-0.3, -0.25) is 9.35 Å². The van der Waals surface area contributed by atoms with E-state index in [0.717, 1.165) is 51.4 Å². The van der Waals surface area contributed by atoms with Crippen molar-refractivity contribution in [2.45, 2.75) is 243 Å². The summed E-state index contributed by atoms with van der Waals surface area (Å²) in [6.45, 7) is 3.82. The summed E-state index contributed by atoms with van der Waals surface area (Å²) in [5, 5.41) is 30.8. The first-order valence-electron chi connectivity index (χ1n) is 26.7. The summed E-state index contributed by atoms with van der Waals surface area (Å²) < 4.78 is 59.2. The summed E-state index contributed by atoms with van der Waals surface area (Å²) in [7, 11) is -5.08. The van der Waals surface area contributed by atoms with Gasteiger partial charge in [-0.2, -0.15) is 8.42 Å². The van der Waals surface area contributed by atoms with Crippen LogP contribution in [0.2, 0.25) is 0 Å². The lowest BCUT2D eigenvalue weighted by Gasteiger charge is -2.41. The highest BCUT2D eigenvalue weighted by Crippen LogP contribution is 2.26. The summed E-state index contributed by atoms with van der Waals surface area (Å²) in [4.78, 5) is 12.9. The third kappa shape index (κ3) is 38.3. The Hall–Kier alpha value is -2.46. The van der Waals surface area contributed by atoms with Crippen LogP contribution in [0.1, 0.15) is 206 Å². The molecule has 0 radical (unpaired) electrons. The molecule has 0 amide bonds. The number of carbonyl (C=O) groups excluding carboxylic acids is 1. The number of esters is 1. The van der Waals surface area contributed by atoms with Crippen molar-refractivity contribution < 1.29 is 56.2 Å². The Morgan fingerprint density at radius 3 is 1.50 bits per heavy atom. The second-order valence-electron chi connectivity index (χ2n) is 18.1. The van der Waals surface area contributed by atoms with Gasteiger partial charge in [-0.25, -0.2) is 4.18 Å². The minimum atomic E-state index is -5.08. The largest absolute Gasteiger partial charge is 0.457 e. The number of aliphatic hydroxyl groups is 3. The molecule has 1 heterocycles. The molecule has 0 aliphatic carbocycles. The minimum absolute atomic E-state index is 0.0103. The maximum absolute atomic E-state index is 12.9. The smallest absolute Gasteiger partial charge is 0.397 e.